The minimum atomic E-state index is -1.09. The van der Waals surface area contributed by atoms with Crippen LogP contribution in [0.1, 0.15) is 27.2 Å². The molecule has 1 rings (SSSR count). The van der Waals surface area contributed by atoms with Crippen molar-refractivity contribution in [2.75, 3.05) is 5.32 Å². The Morgan fingerprint density at radius 3 is 2.50 bits per heavy atom. The number of carbonyl (C=O) groups is 2. The van der Waals surface area contributed by atoms with Gasteiger partial charge in [0.05, 0.1) is 10.4 Å². The van der Waals surface area contributed by atoms with Crippen molar-refractivity contribution in [2.24, 2.45) is 11.3 Å². The van der Waals surface area contributed by atoms with Gasteiger partial charge >= 0.3 is 5.97 Å². The number of carbonyl (C=O) groups excluding carboxylic acids is 1. The van der Waals surface area contributed by atoms with Crippen molar-refractivity contribution in [3.63, 3.8) is 0 Å². The minimum Gasteiger partial charge on any atom is -0.481 e. The lowest BCUT2D eigenvalue weighted by Crippen LogP contribution is -2.37. The average molecular weight is 363 g/mol. The number of halogens is 2. The predicted molar refractivity (Wildman–Crippen MR) is 83.0 cm³/mol. The summed E-state index contributed by atoms with van der Waals surface area (Å²) in [6.45, 7) is 5.16. The number of hydrogen-bond donors (Lipinski definition) is 2. The van der Waals surface area contributed by atoms with Gasteiger partial charge in [-0.2, -0.15) is 0 Å². The summed E-state index contributed by atoms with van der Waals surface area (Å²) in [4.78, 5) is 23.3. The van der Waals surface area contributed by atoms with Gasteiger partial charge in [-0.15, -0.1) is 0 Å². The van der Waals surface area contributed by atoms with Crippen LogP contribution in [0.25, 0.3) is 0 Å². The molecule has 2 N–H and O–H groups in total. The lowest BCUT2D eigenvalue weighted by molar-refractivity contribution is -0.153. The maximum atomic E-state index is 12.0. The molecule has 1 amide bonds. The molecule has 6 heteroatoms. The largest absolute Gasteiger partial charge is 0.481 e. The highest BCUT2D eigenvalue weighted by atomic mass is 79.9. The number of nitrogens with one attached hydrogen (secondary N) is 1. The summed E-state index contributed by atoms with van der Waals surface area (Å²) in [6.07, 6.45) is -0.0896. The third kappa shape index (κ3) is 3.96. The molecule has 110 valence electrons. The second-order valence-electron chi connectivity index (χ2n) is 5.23. The van der Waals surface area contributed by atoms with Crippen molar-refractivity contribution in [3.8, 4) is 0 Å². The fourth-order valence-corrected chi connectivity index (χ4v) is 2.07. The van der Waals surface area contributed by atoms with E-state index in [1.807, 2.05) is 0 Å². The van der Waals surface area contributed by atoms with E-state index in [2.05, 4.69) is 21.2 Å². The molecular weight excluding hydrogens is 346 g/mol. The van der Waals surface area contributed by atoms with Crippen LogP contribution in [-0.2, 0) is 9.59 Å². The van der Waals surface area contributed by atoms with Crippen LogP contribution in [0.15, 0.2) is 22.7 Å². The van der Waals surface area contributed by atoms with E-state index in [0.717, 1.165) is 4.47 Å². The van der Waals surface area contributed by atoms with Crippen LogP contribution >= 0.6 is 27.5 Å². The summed E-state index contributed by atoms with van der Waals surface area (Å²) in [5.74, 6) is -1.47. The maximum Gasteiger partial charge on any atom is 0.310 e. The number of benzene rings is 1. The summed E-state index contributed by atoms with van der Waals surface area (Å²) < 4.78 is 0.731. The Hall–Kier alpha value is -1.07. The predicted octanol–water partition coefficient (Wildman–Crippen LogP) is 4.18. The van der Waals surface area contributed by atoms with E-state index in [1.54, 1.807) is 39.0 Å². The van der Waals surface area contributed by atoms with E-state index in [-0.39, 0.29) is 18.2 Å². The zero-order valence-electron chi connectivity index (χ0n) is 11.5. The quantitative estimate of drug-likeness (QED) is 0.826. The van der Waals surface area contributed by atoms with Crippen molar-refractivity contribution >= 4 is 45.1 Å². The monoisotopic (exact) mass is 361 g/mol. The molecule has 4 nitrogen and oxygen atoms in total. The number of rotatable bonds is 5. The van der Waals surface area contributed by atoms with Gasteiger partial charge < -0.3 is 10.4 Å². The third-order valence-electron chi connectivity index (χ3n) is 3.49. The number of carboxylic acids is 1. The third-order valence-corrected chi connectivity index (χ3v) is 4.73. The SMILES string of the molecule is CC(C)C(C)(CC(=O)Nc1ccc(Br)c(Cl)c1)C(=O)O. The van der Waals surface area contributed by atoms with Crippen molar-refractivity contribution in [3.05, 3.63) is 27.7 Å². The number of aliphatic carboxylic acids is 1. The highest BCUT2D eigenvalue weighted by Gasteiger charge is 2.38. The molecular formula is C14H17BrClNO3. The molecule has 0 fully saturated rings. The summed E-state index contributed by atoms with van der Waals surface area (Å²) in [6, 6.07) is 5.02. The first-order valence-electron chi connectivity index (χ1n) is 6.15. The Morgan fingerprint density at radius 1 is 1.45 bits per heavy atom. The van der Waals surface area contributed by atoms with Gasteiger partial charge in [0.15, 0.2) is 0 Å². The first-order valence-corrected chi connectivity index (χ1v) is 7.32. The van der Waals surface area contributed by atoms with E-state index in [4.69, 9.17) is 11.6 Å². The van der Waals surface area contributed by atoms with Crippen LogP contribution in [-0.4, -0.2) is 17.0 Å². The molecule has 0 aliphatic carbocycles. The summed E-state index contributed by atoms with van der Waals surface area (Å²) in [5, 5.41) is 12.4. The van der Waals surface area contributed by atoms with Gasteiger partial charge in [-0.1, -0.05) is 25.4 Å². The van der Waals surface area contributed by atoms with Gasteiger partial charge in [0.2, 0.25) is 5.91 Å². The molecule has 0 bridgehead atoms. The molecule has 0 aliphatic heterocycles. The normalized spacial score (nSPS) is 13.9. The lowest BCUT2D eigenvalue weighted by atomic mass is 9.76. The molecule has 1 atom stereocenters. The Kier molecular flexibility index (Phi) is 5.59. The van der Waals surface area contributed by atoms with Crippen molar-refractivity contribution in [1.82, 2.24) is 0 Å². The molecule has 0 saturated heterocycles. The minimum absolute atomic E-state index is 0.0896. The second kappa shape index (κ2) is 6.59. The van der Waals surface area contributed by atoms with E-state index in [0.29, 0.717) is 10.7 Å². The van der Waals surface area contributed by atoms with Crippen LogP contribution in [0.5, 0.6) is 0 Å². The van der Waals surface area contributed by atoms with Crippen LogP contribution < -0.4 is 5.32 Å². The highest BCUT2D eigenvalue weighted by Crippen LogP contribution is 2.32. The van der Waals surface area contributed by atoms with Crippen LogP contribution in [0, 0.1) is 11.3 Å². The molecule has 0 heterocycles. The highest BCUT2D eigenvalue weighted by molar-refractivity contribution is 9.10. The van der Waals surface area contributed by atoms with Crippen LogP contribution in [0.3, 0.4) is 0 Å². The van der Waals surface area contributed by atoms with Crippen molar-refractivity contribution < 1.29 is 14.7 Å². The van der Waals surface area contributed by atoms with Gasteiger partial charge in [-0.05, 0) is 47.0 Å². The zero-order valence-corrected chi connectivity index (χ0v) is 13.9. The zero-order chi connectivity index (χ0) is 15.5. The van der Waals surface area contributed by atoms with Crippen LogP contribution in [0.2, 0.25) is 5.02 Å². The standard InChI is InChI=1S/C14H17BrClNO3/c1-8(2)14(3,13(19)20)7-12(18)17-9-4-5-10(15)11(16)6-9/h4-6,8H,7H2,1-3H3,(H,17,18)(H,19,20). The molecule has 0 aromatic heterocycles. The molecule has 1 unspecified atom stereocenters. The first-order chi connectivity index (χ1) is 9.16. The Balaban J connectivity index is 2.81. The van der Waals surface area contributed by atoms with E-state index in [1.165, 1.54) is 0 Å². The molecule has 0 spiro atoms. The Labute approximate surface area is 131 Å². The van der Waals surface area contributed by atoms with Gasteiger partial charge in [-0.25, -0.2) is 0 Å². The Morgan fingerprint density at radius 2 is 2.05 bits per heavy atom. The number of hydrogen-bond acceptors (Lipinski definition) is 2. The van der Waals surface area contributed by atoms with Gasteiger partial charge in [0.25, 0.3) is 0 Å². The molecule has 1 aromatic carbocycles. The first kappa shape index (κ1) is 17.0. The van der Waals surface area contributed by atoms with Gasteiger partial charge in [0.1, 0.15) is 0 Å². The smallest absolute Gasteiger partial charge is 0.310 e. The molecule has 20 heavy (non-hydrogen) atoms. The van der Waals surface area contributed by atoms with E-state index >= 15 is 0 Å². The summed E-state index contributed by atoms with van der Waals surface area (Å²) in [5.41, 5.74) is -0.553. The molecule has 0 saturated carbocycles. The van der Waals surface area contributed by atoms with E-state index < -0.39 is 11.4 Å². The van der Waals surface area contributed by atoms with Gasteiger partial charge in [-0.3, -0.25) is 9.59 Å². The number of amides is 1. The van der Waals surface area contributed by atoms with Crippen molar-refractivity contribution in [2.45, 2.75) is 27.2 Å². The maximum absolute atomic E-state index is 12.0. The second-order valence-corrected chi connectivity index (χ2v) is 6.49. The van der Waals surface area contributed by atoms with Gasteiger partial charge in [0, 0.05) is 16.6 Å². The topological polar surface area (TPSA) is 66.4 Å². The lowest BCUT2D eigenvalue weighted by Gasteiger charge is -2.28. The summed E-state index contributed by atoms with van der Waals surface area (Å²) in [7, 11) is 0. The molecule has 0 radical (unpaired) electrons. The van der Waals surface area contributed by atoms with E-state index in [9.17, 15) is 14.7 Å². The fourth-order valence-electron chi connectivity index (χ4n) is 1.64. The number of anilines is 1. The Bertz CT molecular complexity index is 533. The fraction of sp³-hybridized carbons (Fsp3) is 0.429. The molecule has 0 aliphatic rings. The number of carboxylic acid groups (broad SMARTS) is 1. The van der Waals surface area contributed by atoms with Crippen molar-refractivity contribution in [1.29, 1.82) is 0 Å². The summed E-state index contributed by atoms with van der Waals surface area (Å²) >= 11 is 9.20. The molecule has 1 aromatic rings. The average Bonchev–Trinajstić information content (AvgIpc) is 2.33. The van der Waals surface area contributed by atoms with Crippen LogP contribution in [0.4, 0.5) is 5.69 Å².